The maximum Gasteiger partial charge on any atom is 0.261 e. The normalized spacial score (nSPS) is 15.8. The zero-order valence-corrected chi connectivity index (χ0v) is 19.5. The van der Waals surface area contributed by atoms with Gasteiger partial charge in [-0.05, 0) is 46.9 Å². The van der Waals surface area contributed by atoms with Crippen molar-refractivity contribution in [2.45, 2.75) is 52.5 Å². The summed E-state index contributed by atoms with van der Waals surface area (Å²) < 4.78 is 0. The Morgan fingerprint density at radius 1 is 1.16 bits per heavy atom. The summed E-state index contributed by atoms with van der Waals surface area (Å²) in [5, 5.41) is 4.99. The number of Topliss-reactive ketones (excluding diaryl/α,β-unsaturated/α-hetero) is 1. The van der Waals surface area contributed by atoms with Gasteiger partial charge < -0.3 is 10.3 Å². The van der Waals surface area contributed by atoms with E-state index in [4.69, 9.17) is 0 Å². The predicted octanol–water partition coefficient (Wildman–Crippen LogP) is 5.06. The molecule has 1 aliphatic rings. The molecule has 1 aromatic carbocycles. The van der Waals surface area contributed by atoms with Gasteiger partial charge in [0.25, 0.3) is 11.5 Å². The number of carbonyl (C=O) groups excluding carboxylic acids is 2. The van der Waals surface area contributed by atoms with Crippen molar-refractivity contribution in [3.05, 3.63) is 91.0 Å². The number of amides is 1. The number of carbonyl (C=O) groups is 2. The van der Waals surface area contributed by atoms with E-state index in [0.717, 1.165) is 23.3 Å². The lowest BCUT2D eigenvalue weighted by Gasteiger charge is -2.29. The molecule has 1 aliphatic carbocycles. The van der Waals surface area contributed by atoms with Crippen LogP contribution in [0.15, 0.2) is 52.6 Å². The van der Waals surface area contributed by atoms with Gasteiger partial charge in [-0.15, -0.1) is 11.3 Å². The molecule has 0 saturated heterocycles. The SMILES string of the molecule is CCCc1ccc(C(NC(=O)c2cc3c([nH]c2=O)CC(C)(C)CC3=O)c2cccs2)cc1. The van der Waals surface area contributed by atoms with E-state index in [1.54, 1.807) is 11.3 Å². The zero-order valence-electron chi connectivity index (χ0n) is 18.7. The van der Waals surface area contributed by atoms with Crippen molar-refractivity contribution in [1.82, 2.24) is 10.3 Å². The molecular formula is C26H28N2O3S. The summed E-state index contributed by atoms with van der Waals surface area (Å²) in [7, 11) is 0. The molecule has 0 fully saturated rings. The van der Waals surface area contributed by atoms with Crippen molar-refractivity contribution in [2.24, 2.45) is 5.41 Å². The van der Waals surface area contributed by atoms with Gasteiger partial charge in [-0.1, -0.05) is 57.5 Å². The van der Waals surface area contributed by atoms with Crippen LogP contribution >= 0.6 is 11.3 Å². The molecule has 3 aromatic rings. The molecule has 0 spiro atoms. The van der Waals surface area contributed by atoms with Crippen molar-refractivity contribution in [3.8, 4) is 0 Å². The minimum Gasteiger partial charge on any atom is -0.340 e. The fourth-order valence-corrected chi connectivity index (χ4v) is 5.15. The van der Waals surface area contributed by atoms with Crippen LogP contribution in [0.5, 0.6) is 0 Å². The van der Waals surface area contributed by atoms with E-state index >= 15 is 0 Å². The molecule has 0 aliphatic heterocycles. The molecule has 32 heavy (non-hydrogen) atoms. The first-order valence-electron chi connectivity index (χ1n) is 11.0. The summed E-state index contributed by atoms with van der Waals surface area (Å²) >= 11 is 1.55. The van der Waals surface area contributed by atoms with Gasteiger partial charge in [0.1, 0.15) is 5.56 Å². The fraction of sp³-hybridized carbons (Fsp3) is 0.346. The van der Waals surface area contributed by atoms with Crippen molar-refractivity contribution >= 4 is 23.0 Å². The van der Waals surface area contributed by atoms with Crippen LogP contribution in [-0.4, -0.2) is 16.7 Å². The Morgan fingerprint density at radius 2 is 1.91 bits per heavy atom. The van der Waals surface area contributed by atoms with Gasteiger partial charge in [-0.2, -0.15) is 0 Å². The second kappa shape index (κ2) is 8.87. The third-order valence-electron chi connectivity index (χ3n) is 5.92. The number of pyridine rings is 1. The van der Waals surface area contributed by atoms with Gasteiger partial charge in [-0.25, -0.2) is 0 Å². The van der Waals surface area contributed by atoms with Gasteiger partial charge in [0.15, 0.2) is 5.78 Å². The number of fused-ring (bicyclic) bond motifs is 1. The minimum atomic E-state index is -0.484. The number of hydrogen-bond acceptors (Lipinski definition) is 4. The van der Waals surface area contributed by atoms with Crippen molar-refractivity contribution in [2.75, 3.05) is 0 Å². The van der Waals surface area contributed by atoms with E-state index in [1.165, 1.54) is 11.6 Å². The summed E-state index contributed by atoms with van der Waals surface area (Å²) in [6, 6.07) is 13.2. The van der Waals surface area contributed by atoms with Gasteiger partial charge in [0.2, 0.25) is 0 Å². The van der Waals surface area contributed by atoms with Crippen LogP contribution in [0, 0.1) is 5.41 Å². The van der Waals surface area contributed by atoms with Crippen LogP contribution in [0.4, 0.5) is 0 Å². The molecule has 0 saturated carbocycles. The zero-order chi connectivity index (χ0) is 22.9. The molecule has 1 unspecified atom stereocenters. The molecule has 2 aromatic heterocycles. The molecule has 1 amide bonds. The van der Waals surface area contributed by atoms with Crippen molar-refractivity contribution in [1.29, 1.82) is 0 Å². The smallest absolute Gasteiger partial charge is 0.261 e. The lowest BCUT2D eigenvalue weighted by Crippen LogP contribution is -2.36. The molecule has 0 radical (unpaired) electrons. The van der Waals surface area contributed by atoms with Gasteiger partial charge >= 0.3 is 0 Å². The Kier molecular flexibility index (Phi) is 6.15. The molecule has 0 bridgehead atoms. The maximum absolute atomic E-state index is 13.2. The third-order valence-corrected chi connectivity index (χ3v) is 6.85. The number of benzene rings is 1. The number of H-pyrrole nitrogens is 1. The predicted molar refractivity (Wildman–Crippen MR) is 128 cm³/mol. The Hall–Kier alpha value is -2.99. The molecular weight excluding hydrogens is 420 g/mol. The molecule has 6 heteroatoms. The molecule has 1 atom stereocenters. The summed E-state index contributed by atoms with van der Waals surface area (Å²) in [5.74, 6) is -0.523. The highest BCUT2D eigenvalue weighted by molar-refractivity contribution is 7.10. The maximum atomic E-state index is 13.2. The summed E-state index contributed by atoms with van der Waals surface area (Å²) in [5.41, 5.74) is 2.58. The van der Waals surface area contributed by atoms with Crippen LogP contribution in [0.25, 0.3) is 0 Å². The van der Waals surface area contributed by atoms with Crippen LogP contribution < -0.4 is 10.9 Å². The minimum absolute atomic E-state index is 0.0269. The second-order valence-corrected chi connectivity index (χ2v) is 10.2. The van der Waals surface area contributed by atoms with E-state index in [2.05, 4.69) is 29.4 Å². The number of aryl methyl sites for hydroxylation is 1. The molecule has 5 nitrogen and oxygen atoms in total. The van der Waals surface area contributed by atoms with Gasteiger partial charge in [0.05, 0.1) is 6.04 Å². The Balaban J connectivity index is 1.65. The van der Waals surface area contributed by atoms with Crippen LogP contribution in [0.1, 0.15) is 82.1 Å². The Morgan fingerprint density at radius 3 is 2.56 bits per heavy atom. The molecule has 2 heterocycles. The quantitative estimate of drug-likeness (QED) is 0.553. The molecule has 4 rings (SSSR count). The lowest BCUT2D eigenvalue weighted by molar-refractivity contribution is 0.0910. The fourth-order valence-electron chi connectivity index (χ4n) is 4.35. The van der Waals surface area contributed by atoms with Crippen LogP contribution in [-0.2, 0) is 12.8 Å². The first-order chi connectivity index (χ1) is 15.3. The van der Waals surface area contributed by atoms with Crippen LogP contribution in [0.3, 0.4) is 0 Å². The summed E-state index contributed by atoms with van der Waals surface area (Å²) in [6.07, 6.45) is 3.08. The van der Waals surface area contributed by atoms with Crippen molar-refractivity contribution < 1.29 is 9.59 Å². The third kappa shape index (κ3) is 4.60. The average Bonchev–Trinajstić information content (AvgIpc) is 3.26. The highest BCUT2D eigenvalue weighted by Gasteiger charge is 2.33. The number of ketones is 1. The topological polar surface area (TPSA) is 79.0 Å². The Bertz CT molecular complexity index is 1190. The number of aromatic nitrogens is 1. The Labute approximate surface area is 191 Å². The summed E-state index contributed by atoms with van der Waals surface area (Å²) in [4.78, 5) is 42.4. The number of aromatic amines is 1. The van der Waals surface area contributed by atoms with E-state index in [0.29, 0.717) is 24.1 Å². The average molecular weight is 449 g/mol. The first kappa shape index (κ1) is 22.2. The monoisotopic (exact) mass is 448 g/mol. The number of nitrogens with one attached hydrogen (secondary N) is 2. The molecule has 2 N–H and O–H groups in total. The van der Waals surface area contributed by atoms with E-state index in [-0.39, 0.29) is 22.8 Å². The molecule has 166 valence electrons. The highest BCUT2D eigenvalue weighted by Crippen LogP contribution is 2.33. The number of rotatable bonds is 6. The number of thiophene rings is 1. The van der Waals surface area contributed by atoms with E-state index in [9.17, 15) is 14.4 Å². The van der Waals surface area contributed by atoms with Crippen LogP contribution in [0.2, 0.25) is 0 Å². The second-order valence-electron chi connectivity index (χ2n) is 9.26. The van der Waals surface area contributed by atoms with Gasteiger partial charge in [0, 0.05) is 22.6 Å². The first-order valence-corrected chi connectivity index (χ1v) is 11.9. The standard InChI is InChI=1S/C26H28N2O3S/c1-4-6-16-8-10-17(11-9-16)23(22-7-5-12-32-22)28-25(31)19-13-18-20(27-24(19)30)14-26(2,3)15-21(18)29/h5,7-13,23H,4,6,14-15H2,1-3H3,(H,27,30)(H,28,31). The van der Waals surface area contributed by atoms with Gasteiger partial charge in [-0.3, -0.25) is 14.4 Å². The lowest BCUT2D eigenvalue weighted by atomic mass is 9.75. The summed E-state index contributed by atoms with van der Waals surface area (Å²) in [6.45, 7) is 6.15. The van der Waals surface area contributed by atoms with E-state index in [1.807, 2.05) is 43.5 Å². The largest absolute Gasteiger partial charge is 0.340 e. The van der Waals surface area contributed by atoms with Crippen molar-refractivity contribution in [3.63, 3.8) is 0 Å². The van der Waals surface area contributed by atoms with E-state index < -0.39 is 11.5 Å². The number of hydrogen-bond donors (Lipinski definition) is 2. The highest BCUT2D eigenvalue weighted by atomic mass is 32.1.